The van der Waals surface area contributed by atoms with Crippen LogP contribution in [0.25, 0.3) is 0 Å². The molecule has 0 aliphatic carbocycles. The largest absolute Gasteiger partial charge is 0.355 e. The maximum absolute atomic E-state index is 12.2. The summed E-state index contributed by atoms with van der Waals surface area (Å²) in [6, 6.07) is 32.0. The lowest BCUT2D eigenvalue weighted by Gasteiger charge is -2.35. The van der Waals surface area contributed by atoms with Gasteiger partial charge in [-0.15, -0.1) is 11.8 Å². The number of carbonyl (C=O) groups excluding carboxylic acids is 1. The van der Waals surface area contributed by atoms with Gasteiger partial charge in [-0.3, -0.25) is 4.79 Å². The van der Waals surface area contributed by atoms with E-state index in [1.807, 2.05) is 11.8 Å². The molecule has 0 fully saturated rings. The van der Waals surface area contributed by atoms with Crippen LogP contribution in [0.2, 0.25) is 0 Å². The highest BCUT2D eigenvalue weighted by molar-refractivity contribution is 9.09. The number of nitrogens with one attached hydrogen (secondary N) is 1. The summed E-state index contributed by atoms with van der Waals surface area (Å²) in [5.41, 5.74) is 3.75. The quantitative estimate of drug-likeness (QED) is 0.170. The molecule has 0 radical (unpaired) electrons. The number of hydrogen-bond acceptors (Lipinski definition) is 2. The second-order valence-electron chi connectivity index (χ2n) is 7.48. The van der Waals surface area contributed by atoms with E-state index < -0.39 is 0 Å². The molecular formula is C27H30BrNOS. The van der Waals surface area contributed by atoms with E-state index in [0.717, 1.165) is 30.3 Å². The van der Waals surface area contributed by atoms with E-state index in [2.05, 4.69) is 112 Å². The number of halogens is 1. The van der Waals surface area contributed by atoms with Crippen LogP contribution in [0.15, 0.2) is 91.0 Å². The summed E-state index contributed by atoms with van der Waals surface area (Å²) in [7, 11) is 0. The van der Waals surface area contributed by atoms with Crippen LogP contribution < -0.4 is 5.32 Å². The van der Waals surface area contributed by atoms with Gasteiger partial charge in [0, 0.05) is 24.0 Å². The monoisotopic (exact) mass is 495 g/mol. The SMILES string of the molecule is O=C(CCCCCBr)NCCSC(c1ccccc1)(c1ccccc1)c1ccccc1. The first kappa shape index (κ1) is 23.6. The van der Waals surface area contributed by atoms with Gasteiger partial charge < -0.3 is 5.32 Å². The van der Waals surface area contributed by atoms with Crippen LogP contribution in [0.5, 0.6) is 0 Å². The molecule has 3 aromatic carbocycles. The molecule has 2 nitrogen and oxygen atoms in total. The summed E-state index contributed by atoms with van der Waals surface area (Å²) in [4.78, 5) is 12.2. The maximum atomic E-state index is 12.2. The number of alkyl halides is 1. The van der Waals surface area contributed by atoms with Gasteiger partial charge >= 0.3 is 0 Å². The predicted molar refractivity (Wildman–Crippen MR) is 137 cm³/mol. The number of hydrogen-bond donors (Lipinski definition) is 1. The minimum absolute atomic E-state index is 0.153. The van der Waals surface area contributed by atoms with Crippen molar-refractivity contribution in [3.8, 4) is 0 Å². The Morgan fingerprint density at radius 2 is 1.23 bits per heavy atom. The number of thioether (sulfide) groups is 1. The molecule has 0 aromatic heterocycles. The summed E-state index contributed by atoms with van der Waals surface area (Å²) in [6.45, 7) is 0.663. The Hall–Kier alpha value is -2.04. The van der Waals surface area contributed by atoms with Gasteiger partial charge in [-0.25, -0.2) is 0 Å². The lowest BCUT2D eigenvalue weighted by Crippen LogP contribution is -2.30. The van der Waals surface area contributed by atoms with Crippen molar-refractivity contribution in [2.45, 2.75) is 30.4 Å². The lowest BCUT2D eigenvalue weighted by atomic mass is 9.84. The van der Waals surface area contributed by atoms with Crippen molar-refractivity contribution in [1.29, 1.82) is 0 Å². The first-order valence-corrected chi connectivity index (χ1v) is 13.0. The molecule has 162 valence electrons. The van der Waals surface area contributed by atoms with Gasteiger partial charge in [-0.05, 0) is 29.5 Å². The molecule has 0 saturated carbocycles. The lowest BCUT2D eigenvalue weighted by molar-refractivity contribution is -0.121. The molecule has 0 aliphatic heterocycles. The fraction of sp³-hybridized carbons (Fsp3) is 0.296. The predicted octanol–water partition coefficient (Wildman–Crippen LogP) is 6.78. The molecule has 31 heavy (non-hydrogen) atoms. The van der Waals surface area contributed by atoms with E-state index in [1.54, 1.807) is 0 Å². The Bertz CT molecular complexity index is 806. The second kappa shape index (κ2) is 12.7. The van der Waals surface area contributed by atoms with Crippen molar-refractivity contribution in [2.75, 3.05) is 17.6 Å². The van der Waals surface area contributed by atoms with Crippen LogP contribution >= 0.6 is 27.7 Å². The van der Waals surface area contributed by atoms with E-state index in [0.29, 0.717) is 13.0 Å². The Labute approximate surface area is 199 Å². The zero-order valence-electron chi connectivity index (χ0n) is 17.8. The zero-order valence-corrected chi connectivity index (χ0v) is 20.2. The third-order valence-corrected chi connectivity index (χ3v) is 7.43. The molecule has 0 saturated heterocycles. The van der Waals surface area contributed by atoms with E-state index >= 15 is 0 Å². The third kappa shape index (κ3) is 6.47. The van der Waals surface area contributed by atoms with Crippen molar-refractivity contribution in [3.63, 3.8) is 0 Å². The van der Waals surface area contributed by atoms with E-state index in [9.17, 15) is 4.79 Å². The molecule has 0 bridgehead atoms. The molecule has 1 N–H and O–H groups in total. The fourth-order valence-corrected chi connectivity index (χ4v) is 5.62. The van der Waals surface area contributed by atoms with Crippen molar-refractivity contribution in [3.05, 3.63) is 108 Å². The smallest absolute Gasteiger partial charge is 0.220 e. The van der Waals surface area contributed by atoms with Crippen LogP contribution in [0, 0.1) is 0 Å². The van der Waals surface area contributed by atoms with Crippen LogP contribution in [0.1, 0.15) is 42.4 Å². The highest BCUT2D eigenvalue weighted by atomic mass is 79.9. The molecule has 0 heterocycles. The highest BCUT2D eigenvalue weighted by Crippen LogP contribution is 2.48. The Balaban J connectivity index is 1.79. The second-order valence-corrected chi connectivity index (χ2v) is 9.58. The molecule has 0 unspecified atom stereocenters. The van der Waals surface area contributed by atoms with Gasteiger partial charge in [-0.1, -0.05) is 113 Å². The molecule has 3 aromatic rings. The van der Waals surface area contributed by atoms with E-state index in [1.165, 1.54) is 16.7 Å². The normalized spacial score (nSPS) is 11.3. The summed E-state index contributed by atoms with van der Waals surface area (Å²) in [5, 5.41) is 4.12. The molecule has 1 amide bonds. The van der Waals surface area contributed by atoms with Crippen molar-refractivity contribution in [1.82, 2.24) is 5.32 Å². The molecule has 0 aliphatic rings. The van der Waals surface area contributed by atoms with Crippen molar-refractivity contribution < 1.29 is 4.79 Å². The summed E-state index contributed by atoms with van der Waals surface area (Å²) >= 11 is 5.32. The van der Waals surface area contributed by atoms with Gasteiger partial charge in [0.2, 0.25) is 5.91 Å². The first-order chi connectivity index (χ1) is 15.3. The first-order valence-electron chi connectivity index (χ1n) is 10.9. The number of rotatable bonds is 12. The molecule has 0 spiro atoms. The summed E-state index contributed by atoms with van der Waals surface area (Å²) in [5.74, 6) is 0.978. The third-order valence-electron chi connectivity index (χ3n) is 5.32. The standard InChI is InChI=1S/C27H30BrNOS/c28-20-12-4-11-19-26(30)29-21-22-31-27(23-13-5-1-6-14-23,24-15-7-2-8-16-24)25-17-9-3-10-18-25/h1-3,5-10,13-18H,4,11-12,19-22H2,(H,29,30). The zero-order chi connectivity index (χ0) is 21.8. The summed E-state index contributed by atoms with van der Waals surface area (Å²) < 4.78 is -0.329. The van der Waals surface area contributed by atoms with Gasteiger partial charge in [0.15, 0.2) is 0 Å². The van der Waals surface area contributed by atoms with Gasteiger partial charge in [-0.2, -0.15) is 0 Å². The van der Waals surface area contributed by atoms with Crippen LogP contribution in [0.3, 0.4) is 0 Å². The number of carbonyl (C=O) groups is 1. The van der Waals surface area contributed by atoms with Crippen molar-refractivity contribution in [2.24, 2.45) is 0 Å². The molecule has 0 atom stereocenters. The number of amides is 1. The number of unbranched alkanes of at least 4 members (excludes halogenated alkanes) is 2. The van der Waals surface area contributed by atoms with E-state index in [-0.39, 0.29) is 10.7 Å². The number of benzene rings is 3. The van der Waals surface area contributed by atoms with Crippen LogP contribution in [-0.2, 0) is 9.54 Å². The van der Waals surface area contributed by atoms with Crippen molar-refractivity contribution >= 4 is 33.6 Å². The minimum Gasteiger partial charge on any atom is -0.355 e. The molecular weight excluding hydrogens is 466 g/mol. The van der Waals surface area contributed by atoms with Gasteiger partial charge in [0.1, 0.15) is 0 Å². The molecule has 3 rings (SSSR count). The Kier molecular flexibility index (Phi) is 9.70. The topological polar surface area (TPSA) is 29.1 Å². The maximum Gasteiger partial charge on any atom is 0.220 e. The van der Waals surface area contributed by atoms with Crippen LogP contribution in [-0.4, -0.2) is 23.5 Å². The fourth-order valence-electron chi connectivity index (χ4n) is 3.81. The van der Waals surface area contributed by atoms with Gasteiger partial charge in [0.25, 0.3) is 0 Å². The molecule has 4 heteroatoms. The Morgan fingerprint density at radius 3 is 1.68 bits per heavy atom. The van der Waals surface area contributed by atoms with E-state index in [4.69, 9.17) is 0 Å². The average molecular weight is 497 g/mol. The van der Waals surface area contributed by atoms with Gasteiger partial charge in [0.05, 0.1) is 4.75 Å². The summed E-state index contributed by atoms with van der Waals surface area (Å²) in [6.07, 6.45) is 3.77. The Morgan fingerprint density at radius 1 is 0.742 bits per heavy atom. The average Bonchev–Trinajstić information content (AvgIpc) is 2.84. The van der Waals surface area contributed by atoms with Crippen LogP contribution in [0.4, 0.5) is 0 Å². The minimum atomic E-state index is -0.329. The highest BCUT2D eigenvalue weighted by Gasteiger charge is 2.36.